The average molecular weight is 342 g/mol. The first-order chi connectivity index (χ1) is 11.4. The van der Waals surface area contributed by atoms with Gasteiger partial charge in [0.25, 0.3) is 10.0 Å². The van der Waals surface area contributed by atoms with Crippen molar-refractivity contribution < 1.29 is 13.2 Å². The molecule has 0 aliphatic rings. The second kappa shape index (κ2) is 7.20. The fourth-order valence-electron chi connectivity index (χ4n) is 2.11. The second-order valence-electron chi connectivity index (χ2n) is 5.19. The van der Waals surface area contributed by atoms with Crippen molar-refractivity contribution in [2.24, 2.45) is 0 Å². The molecule has 0 spiro atoms. The average Bonchev–Trinajstić information content (AvgIpc) is 2.59. The number of carbonyl (C=O) groups is 1. The number of hydrogen-bond donors (Lipinski definition) is 1. The van der Waals surface area contributed by atoms with Crippen molar-refractivity contribution in [1.29, 1.82) is 0 Å². The van der Waals surface area contributed by atoms with E-state index < -0.39 is 15.9 Å². The van der Waals surface area contributed by atoms with E-state index in [0.29, 0.717) is 11.3 Å². The Morgan fingerprint density at radius 2 is 1.88 bits per heavy atom. The van der Waals surface area contributed by atoms with Crippen LogP contribution in [-0.4, -0.2) is 27.9 Å². The summed E-state index contributed by atoms with van der Waals surface area (Å²) in [7, 11) is -2.44. The fourth-order valence-corrected chi connectivity index (χ4v) is 3.53. The molecule has 2 aromatic carbocycles. The van der Waals surface area contributed by atoms with Crippen molar-refractivity contribution in [2.75, 3.05) is 17.9 Å². The Morgan fingerprint density at radius 3 is 2.46 bits per heavy atom. The molecule has 1 N–H and O–H groups in total. The molecule has 0 aliphatic carbocycles. The highest BCUT2D eigenvalue weighted by atomic mass is 32.2. The molecule has 6 heteroatoms. The fraction of sp³-hybridized carbons (Fsp3) is 0.167. The van der Waals surface area contributed by atoms with Crippen LogP contribution in [0.15, 0.2) is 53.4 Å². The Balaban J connectivity index is 2.54. The first-order valence-corrected chi connectivity index (χ1v) is 8.69. The van der Waals surface area contributed by atoms with E-state index in [4.69, 9.17) is 6.42 Å². The molecule has 2 rings (SSSR count). The topological polar surface area (TPSA) is 66.5 Å². The van der Waals surface area contributed by atoms with Gasteiger partial charge in [-0.15, -0.1) is 6.42 Å². The maximum Gasteiger partial charge on any atom is 0.264 e. The number of nitrogens with one attached hydrogen (secondary N) is 1. The normalized spacial score (nSPS) is 10.7. The molecule has 0 saturated heterocycles. The molecule has 0 heterocycles. The molecule has 2 aromatic rings. The Labute approximate surface area is 142 Å². The number of nitrogens with zero attached hydrogens (tertiary/aromatic N) is 1. The van der Waals surface area contributed by atoms with Gasteiger partial charge in [0.2, 0.25) is 5.91 Å². The minimum atomic E-state index is -3.90. The molecular weight excluding hydrogens is 324 g/mol. The third-order valence-electron chi connectivity index (χ3n) is 3.48. The van der Waals surface area contributed by atoms with E-state index in [2.05, 4.69) is 11.2 Å². The maximum atomic E-state index is 13.0. The van der Waals surface area contributed by atoms with E-state index in [0.717, 1.165) is 9.87 Å². The first kappa shape index (κ1) is 17.6. The third-order valence-corrected chi connectivity index (χ3v) is 5.26. The number of anilines is 1. The highest BCUT2D eigenvalue weighted by molar-refractivity contribution is 7.92. The standard InChI is InChI=1S/C18H18N2O3S/c1-4-15-6-5-7-16(12-15)20(13-18(21)19-3)24(22,23)17-10-8-14(2)9-11-17/h1,5-12H,13H2,2-3H3,(H,19,21). The zero-order valence-electron chi connectivity index (χ0n) is 13.5. The number of carbonyl (C=O) groups excluding carboxylic acids is 1. The van der Waals surface area contributed by atoms with E-state index >= 15 is 0 Å². The van der Waals surface area contributed by atoms with Crippen LogP contribution in [0, 0.1) is 19.3 Å². The number of amides is 1. The summed E-state index contributed by atoms with van der Waals surface area (Å²) in [6.45, 7) is 1.54. The van der Waals surface area contributed by atoms with Crippen LogP contribution in [0.2, 0.25) is 0 Å². The summed E-state index contributed by atoms with van der Waals surface area (Å²) in [6, 6.07) is 13.0. The summed E-state index contributed by atoms with van der Waals surface area (Å²) in [4.78, 5) is 11.9. The molecule has 0 unspecified atom stereocenters. The van der Waals surface area contributed by atoms with Crippen LogP contribution < -0.4 is 9.62 Å². The van der Waals surface area contributed by atoms with Gasteiger partial charge in [-0.1, -0.05) is 29.7 Å². The van der Waals surface area contributed by atoms with Crippen molar-refractivity contribution in [3.8, 4) is 12.3 Å². The Hall–Kier alpha value is -2.78. The summed E-state index contributed by atoms with van der Waals surface area (Å²) in [6.07, 6.45) is 5.39. The predicted octanol–water partition coefficient (Wildman–Crippen LogP) is 1.92. The van der Waals surface area contributed by atoms with Gasteiger partial charge >= 0.3 is 0 Å². The number of aryl methyl sites for hydroxylation is 1. The van der Waals surface area contributed by atoms with Crippen LogP contribution in [0.3, 0.4) is 0 Å². The number of rotatable bonds is 5. The quantitative estimate of drug-likeness (QED) is 0.844. The number of benzene rings is 2. The molecular formula is C18H18N2O3S. The summed E-state index contributed by atoms with van der Waals surface area (Å²) in [5.41, 5.74) is 1.82. The largest absolute Gasteiger partial charge is 0.358 e. The monoisotopic (exact) mass is 342 g/mol. The molecule has 0 radical (unpaired) electrons. The summed E-state index contributed by atoms with van der Waals surface area (Å²) < 4.78 is 27.0. The van der Waals surface area contributed by atoms with E-state index in [1.54, 1.807) is 36.4 Å². The predicted molar refractivity (Wildman–Crippen MR) is 94.2 cm³/mol. The van der Waals surface area contributed by atoms with Gasteiger partial charge in [0, 0.05) is 12.6 Å². The third kappa shape index (κ3) is 3.76. The molecule has 124 valence electrons. The zero-order chi connectivity index (χ0) is 17.7. The minimum absolute atomic E-state index is 0.114. The molecule has 5 nitrogen and oxygen atoms in total. The van der Waals surface area contributed by atoms with Crippen LogP contribution >= 0.6 is 0 Å². The van der Waals surface area contributed by atoms with E-state index in [1.165, 1.54) is 19.2 Å². The van der Waals surface area contributed by atoms with Gasteiger partial charge in [-0.2, -0.15) is 0 Å². The van der Waals surface area contributed by atoms with Gasteiger partial charge in [0.05, 0.1) is 10.6 Å². The lowest BCUT2D eigenvalue weighted by atomic mass is 10.2. The zero-order valence-corrected chi connectivity index (χ0v) is 14.3. The van der Waals surface area contributed by atoms with E-state index in [9.17, 15) is 13.2 Å². The van der Waals surface area contributed by atoms with Crippen LogP contribution in [0.1, 0.15) is 11.1 Å². The van der Waals surface area contributed by atoms with Gasteiger partial charge in [-0.05, 0) is 37.3 Å². The molecule has 0 atom stereocenters. The smallest absolute Gasteiger partial charge is 0.264 e. The Bertz CT molecular complexity index is 881. The molecule has 0 fully saturated rings. The van der Waals surface area contributed by atoms with Crippen molar-refractivity contribution in [2.45, 2.75) is 11.8 Å². The lowest BCUT2D eigenvalue weighted by Gasteiger charge is -2.24. The lowest BCUT2D eigenvalue weighted by molar-refractivity contribution is -0.119. The molecule has 0 bridgehead atoms. The summed E-state index contributed by atoms with van der Waals surface area (Å²) >= 11 is 0. The number of terminal acetylenes is 1. The number of likely N-dealkylation sites (N-methyl/N-ethyl adjacent to an activating group) is 1. The highest BCUT2D eigenvalue weighted by Gasteiger charge is 2.27. The van der Waals surface area contributed by atoms with Crippen LogP contribution in [0.4, 0.5) is 5.69 Å². The van der Waals surface area contributed by atoms with Crippen molar-refractivity contribution in [3.63, 3.8) is 0 Å². The minimum Gasteiger partial charge on any atom is -0.358 e. The molecule has 0 aliphatic heterocycles. The Morgan fingerprint density at radius 1 is 1.21 bits per heavy atom. The lowest BCUT2D eigenvalue weighted by Crippen LogP contribution is -2.39. The van der Waals surface area contributed by atoms with Crippen LogP contribution in [0.25, 0.3) is 0 Å². The van der Waals surface area contributed by atoms with Gasteiger partial charge in [0.1, 0.15) is 6.54 Å². The molecule has 0 saturated carbocycles. The summed E-state index contributed by atoms with van der Waals surface area (Å²) in [5, 5.41) is 2.44. The SMILES string of the molecule is C#Cc1cccc(N(CC(=O)NC)S(=O)(=O)c2ccc(C)cc2)c1. The van der Waals surface area contributed by atoms with Gasteiger partial charge in [-0.3, -0.25) is 9.10 Å². The maximum absolute atomic E-state index is 13.0. The van der Waals surface area contributed by atoms with Gasteiger partial charge in [0.15, 0.2) is 0 Å². The first-order valence-electron chi connectivity index (χ1n) is 7.25. The second-order valence-corrected chi connectivity index (χ2v) is 7.05. The van der Waals surface area contributed by atoms with Crippen LogP contribution in [-0.2, 0) is 14.8 Å². The molecule has 0 aromatic heterocycles. The Kier molecular flexibility index (Phi) is 5.27. The number of sulfonamides is 1. The van der Waals surface area contributed by atoms with E-state index in [-0.39, 0.29) is 11.4 Å². The van der Waals surface area contributed by atoms with Crippen molar-refractivity contribution >= 4 is 21.6 Å². The van der Waals surface area contributed by atoms with Gasteiger partial charge in [-0.25, -0.2) is 8.42 Å². The summed E-state index contributed by atoms with van der Waals surface area (Å²) in [5.74, 6) is 2.05. The molecule has 24 heavy (non-hydrogen) atoms. The number of hydrogen-bond acceptors (Lipinski definition) is 3. The van der Waals surface area contributed by atoms with Gasteiger partial charge < -0.3 is 5.32 Å². The van der Waals surface area contributed by atoms with E-state index in [1.807, 2.05) is 6.92 Å². The van der Waals surface area contributed by atoms with Crippen molar-refractivity contribution in [3.05, 3.63) is 59.7 Å². The highest BCUT2D eigenvalue weighted by Crippen LogP contribution is 2.24. The van der Waals surface area contributed by atoms with Crippen LogP contribution in [0.5, 0.6) is 0 Å². The van der Waals surface area contributed by atoms with Crippen molar-refractivity contribution in [1.82, 2.24) is 5.32 Å². The molecule has 1 amide bonds.